The van der Waals surface area contributed by atoms with E-state index in [0.29, 0.717) is 17.7 Å². The van der Waals surface area contributed by atoms with Gasteiger partial charge in [-0.3, -0.25) is 5.10 Å². The van der Waals surface area contributed by atoms with Crippen molar-refractivity contribution in [3.05, 3.63) is 18.3 Å². The van der Waals surface area contributed by atoms with Gasteiger partial charge in [-0.2, -0.15) is 4.98 Å². The zero-order valence-electron chi connectivity index (χ0n) is 12.3. The number of nitrogens with one attached hydrogen (secondary N) is 1. The molecule has 1 aliphatic rings. The molecule has 2 aromatic heterocycles. The van der Waals surface area contributed by atoms with E-state index < -0.39 is 0 Å². The summed E-state index contributed by atoms with van der Waals surface area (Å²) in [7, 11) is 1.59. The zero-order chi connectivity index (χ0) is 14.8. The zero-order valence-corrected chi connectivity index (χ0v) is 12.3. The van der Waals surface area contributed by atoms with Gasteiger partial charge in [-0.25, -0.2) is 4.98 Å². The van der Waals surface area contributed by atoms with Crippen LogP contribution in [0.3, 0.4) is 0 Å². The van der Waals surface area contributed by atoms with E-state index in [1.165, 1.54) is 0 Å². The molecule has 0 aromatic carbocycles. The minimum Gasteiger partial charge on any atom is -0.480 e. The maximum atomic E-state index is 6.13. The fourth-order valence-electron chi connectivity index (χ4n) is 2.69. The number of aromatic nitrogens is 4. The first-order valence-electron chi connectivity index (χ1n) is 7.14. The average Bonchev–Trinajstić information content (AvgIpc) is 2.99. The van der Waals surface area contributed by atoms with Crippen LogP contribution in [0, 0.1) is 0 Å². The number of aromatic amines is 1. The molecule has 1 fully saturated rings. The van der Waals surface area contributed by atoms with E-state index in [2.05, 4.69) is 32.0 Å². The molecule has 0 radical (unpaired) electrons. The fourth-order valence-corrected chi connectivity index (χ4v) is 2.69. The number of hydrogen-bond acceptors (Lipinski definition) is 6. The van der Waals surface area contributed by atoms with Crippen molar-refractivity contribution in [1.82, 2.24) is 20.2 Å². The molecule has 0 aliphatic carbocycles. The Morgan fingerprint density at radius 1 is 1.48 bits per heavy atom. The Morgan fingerprint density at radius 3 is 3.14 bits per heavy atom. The summed E-state index contributed by atoms with van der Waals surface area (Å²) in [4.78, 5) is 10.9. The standard InChI is InChI=1S/C14H20N6O/c1-9-11(15)6-4-8-20(9)14-17-12(18-19-14)10-5-3-7-16-13(10)21-2/h3,5,7,9,11H,4,6,8,15H2,1-2H3,(H,17,18,19). The quantitative estimate of drug-likeness (QED) is 0.881. The molecule has 1 saturated heterocycles. The Balaban J connectivity index is 1.89. The number of anilines is 1. The Labute approximate surface area is 123 Å². The Kier molecular flexibility index (Phi) is 3.74. The molecular weight excluding hydrogens is 268 g/mol. The number of nitrogens with two attached hydrogens (primary N) is 1. The van der Waals surface area contributed by atoms with Crippen LogP contribution in [0.2, 0.25) is 0 Å². The van der Waals surface area contributed by atoms with Crippen molar-refractivity contribution in [1.29, 1.82) is 0 Å². The van der Waals surface area contributed by atoms with Crippen molar-refractivity contribution < 1.29 is 4.74 Å². The minimum atomic E-state index is 0.161. The molecule has 3 N–H and O–H groups in total. The van der Waals surface area contributed by atoms with Crippen molar-refractivity contribution in [2.75, 3.05) is 18.6 Å². The van der Waals surface area contributed by atoms with Crippen LogP contribution in [0.1, 0.15) is 19.8 Å². The highest BCUT2D eigenvalue weighted by molar-refractivity contribution is 5.62. The number of ether oxygens (including phenoxy) is 1. The van der Waals surface area contributed by atoms with Crippen molar-refractivity contribution in [2.45, 2.75) is 31.8 Å². The van der Waals surface area contributed by atoms with Gasteiger partial charge in [-0.15, -0.1) is 5.10 Å². The highest BCUT2D eigenvalue weighted by Crippen LogP contribution is 2.27. The van der Waals surface area contributed by atoms with Crippen LogP contribution in [-0.4, -0.2) is 45.9 Å². The summed E-state index contributed by atoms with van der Waals surface area (Å²) in [6.07, 6.45) is 3.79. The Morgan fingerprint density at radius 2 is 2.33 bits per heavy atom. The van der Waals surface area contributed by atoms with Crippen LogP contribution in [0.5, 0.6) is 5.88 Å². The van der Waals surface area contributed by atoms with E-state index in [1.807, 2.05) is 12.1 Å². The van der Waals surface area contributed by atoms with E-state index in [9.17, 15) is 0 Å². The number of piperidine rings is 1. The predicted molar refractivity (Wildman–Crippen MR) is 80.2 cm³/mol. The van der Waals surface area contributed by atoms with E-state index in [-0.39, 0.29) is 12.1 Å². The number of hydrogen-bond donors (Lipinski definition) is 2. The van der Waals surface area contributed by atoms with E-state index in [0.717, 1.165) is 24.9 Å². The molecule has 21 heavy (non-hydrogen) atoms. The van der Waals surface area contributed by atoms with E-state index >= 15 is 0 Å². The van der Waals surface area contributed by atoms with Gasteiger partial charge in [-0.1, -0.05) is 0 Å². The van der Waals surface area contributed by atoms with Crippen LogP contribution in [0.25, 0.3) is 11.4 Å². The molecule has 2 atom stereocenters. The molecule has 2 unspecified atom stereocenters. The third kappa shape index (κ3) is 2.56. The molecule has 2 aromatic rings. The summed E-state index contributed by atoms with van der Waals surface area (Å²) in [5.41, 5.74) is 6.93. The largest absolute Gasteiger partial charge is 0.480 e. The first-order chi connectivity index (χ1) is 10.2. The third-order valence-electron chi connectivity index (χ3n) is 4.00. The van der Waals surface area contributed by atoms with Gasteiger partial charge in [-0.05, 0) is 31.9 Å². The number of pyridine rings is 1. The molecule has 7 nitrogen and oxygen atoms in total. The van der Waals surface area contributed by atoms with Crippen LogP contribution < -0.4 is 15.4 Å². The molecule has 0 spiro atoms. The second-order valence-corrected chi connectivity index (χ2v) is 5.28. The lowest BCUT2D eigenvalue weighted by molar-refractivity contribution is 0.399. The lowest BCUT2D eigenvalue weighted by atomic mass is 9.99. The van der Waals surface area contributed by atoms with Crippen molar-refractivity contribution in [3.63, 3.8) is 0 Å². The summed E-state index contributed by atoms with van der Waals surface area (Å²) in [6.45, 7) is 3.04. The van der Waals surface area contributed by atoms with E-state index in [1.54, 1.807) is 13.3 Å². The topological polar surface area (TPSA) is 93.0 Å². The first-order valence-corrected chi connectivity index (χ1v) is 7.14. The van der Waals surface area contributed by atoms with Gasteiger partial charge in [0.1, 0.15) is 0 Å². The molecular formula is C14H20N6O. The molecule has 3 rings (SSSR count). The van der Waals surface area contributed by atoms with Gasteiger partial charge in [0, 0.05) is 24.8 Å². The minimum absolute atomic E-state index is 0.161. The average molecular weight is 288 g/mol. The van der Waals surface area contributed by atoms with Gasteiger partial charge < -0.3 is 15.4 Å². The van der Waals surface area contributed by atoms with Gasteiger partial charge in [0.05, 0.1) is 12.7 Å². The molecule has 0 saturated carbocycles. The van der Waals surface area contributed by atoms with Crippen LogP contribution in [0.15, 0.2) is 18.3 Å². The number of H-pyrrole nitrogens is 1. The predicted octanol–water partition coefficient (Wildman–Crippen LogP) is 1.19. The van der Waals surface area contributed by atoms with Gasteiger partial charge >= 0.3 is 0 Å². The van der Waals surface area contributed by atoms with Crippen LogP contribution in [0.4, 0.5) is 5.95 Å². The molecule has 7 heteroatoms. The summed E-state index contributed by atoms with van der Waals surface area (Å²) in [5, 5.41) is 7.29. The fraction of sp³-hybridized carbons (Fsp3) is 0.500. The van der Waals surface area contributed by atoms with Crippen LogP contribution in [-0.2, 0) is 0 Å². The molecule has 0 amide bonds. The summed E-state index contributed by atoms with van der Waals surface area (Å²) >= 11 is 0. The van der Waals surface area contributed by atoms with Crippen LogP contribution >= 0.6 is 0 Å². The monoisotopic (exact) mass is 288 g/mol. The third-order valence-corrected chi connectivity index (χ3v) is 4.00. The van der Waals surface area contributed by atoms with Crippen molar-refractivity contribution >= 4 is 5.95 Å². The SMILES string of the molecule is COc1ncccc1-c1nc(N2CCCC(N)C2C)n[nH]1. The number of rotatable bonds is 3. The maximum Gasteiger partial charge on any atom is 0.245 e. The van der Waals surface area contributed by atoms with Crippen molar-refractivity contribution in [3.8, 4) is 17.3 Å². The molecule has 0 bridgehead atoms. The second kappa shape index (κ2) is 5.69. The number of nitrogens with zero attached hydrogens (tertiary/aromatic N) is 4. The van der Waals surface area contributed by atoms with Gasteiger partial charge in [0.15, 0.2) is 5.82 Å². The lowest BCUT2D eigenvalue weighted by Crippen LogP contribution is -2.50. The maximum absolute atomic E-state index is 6.13. The highest BCUT2D eigenvalue weighted by atomic mass is 16.5. The number of methoxy groups -OCH3 is 1. The summed E-state index contributed by atoms with van der Waals surface area (Å²) < 4.78 is 5.26. The molecule has 112 valence electrons. The Bertz CT molecular complexity index is 613. The first kappa shape index (κ1) is 13.8. The molecule has 1 aliphatic heterocycles. The van der Waals surface area contributed by atoms with Gasteiger partial charge in [0.25, 0.3) is 0 Å². The lowest BCUT2D eigenvalue weighted by Gasteiger charge is -2.36. The van der Waals surface area contributed by atoms with Crippen molar-refractivity contribution in [2.24, 2.45) is 5.73 Å². The normalized spacial score (nSPS) is 22.3. The highest BCUT2D eigenvalue weighted by Gasteiger charge is 2.28. The summed E-state index contributed by atoms with van der Waals surface area (Å²) in [6, 6.07) is 4.15. The van der Waals surface area contributed by atoms with E-state index in [4.69, 9.17) is 10.5 Å². The Hall–Kier alpha value is -2.15. The second-order valence-electron chi connectivity index (χ2n) is 5.28. The molecule has 3 heterocycles. The summed E-state index contributed by atoms with van der Waals surface area (Å²) in [5.74, 6) is 1.86. The van der Waals surface area contributed by atoms with Gasteiger partial charge in [0.2, 0.25) is 11.8 Å². The smallest absolute Gasteiger partial charge is 0.245 e.